The Hall–Kier alpha value is -2.72. The Morgan fingerprint density at radius 1 is 1.03 bits per heavy atom. The lowest BCUT2D eigenvalue weighted by atomic mass is 10.1. The monoisotopic (exact) mass is 449 g/mol. The van der Waals surface area contributed by atoms with E-state index < -0.39 is 40.1 Å². The molecule has 1 unspecified atom stereocenters. The standard InChI is InChI=1S/C20H23N3O5S2/c24-18(13-22-20(26)19(25)21-10-8-17-7-4-11-29-17)23(15-5-2-1-3-6-15)16-9-12-30(27,28)14-16/h1-7,11,16H,8-10,12-14H2,(H,21,25)(H,22,26). The Morgan fingerprint density at radius 2 is 1.77 bits per heavy atom. The molecule has 0 radical (unpaired) electrons. The number of amides is 3. The molecule has 1 aromatic heterocycles. The zero-order valence-corrected chi connectivity index (χ0v) is 17.9. The van der Waals surface area contributed by atoms with Crippen molar-refractivity contribution in [1.29, 1.82) is 0 Å². The van der Waals surface area contributed by atoms with Gasteiger partial charge in [-0.05, 0) is 36.4 Å². The molecule has 3 amide bonds. The fraction of sp³-hybridized carbons (Fsp3) is 0.350. The molecule has 3 rings (SSSR count). The maximum absolute atomic E-state index is 12.8. The highest BCUT2D eigenvalue weighted by Gasteiger charge is 2.35. The summed E-state index contributed by atoms with van der Waals surface area (Å²) >= 11 is 1.57. The number of carbonyl (C=O) groups excluding carboxylic acids is 3. The lowest BCUT2D eigenvalue weighted by molar-refractivity contribution is -0.139. The van der Waals surface area contributed by atoms with E-state index in [-0.39, 0.29) is 11.5 Å². The minimum atomic E-state index is -3.20. The third-order valence-corrected chi connectivity index (χ3v) is 7.41. The van der Waals surface area contributed by atoms with E-state index in [2.05, 4.69) is 10.6 Å². The number of para-hydroxylation sites is 1. The van der Waals surface area contributed by atoms with Gasteiger partial charge in [-0.15, -0.1) is 11.3 Å². The van der Waals surface area contributed by atoms with Crippen LogP contribution in [0.4, 0.5) is 5.69 Å². The lowest BCUT2D eigenvalue weighted by Gasteiger charge is -2.28. The van der Waals surface area contributed by atoms with Gasteiger partial charge in [-0.1, -0.05) is 24.3 Å². The smallest absolute Gasteiger partial charge is 0.309 e. The number of carbonyl (C=O) groups is 3. The summed E-state index contributed by atoms with van der Waals surface area (Å²) in [6, 6.07) is 12.1. The SMILES string of the molecule is O=C(NCCc1cccs1)C(=O)NCC(=O)N(c1ccccc1)C1CCS(=O)(=O)C1. The number of hydrogen-bond acceptors (Lipinski definition) is 6. The van der Waals surface area contributed by atoms with Crippen molar-refractivity contribution >= 4 is 44.6 Å². The van der Waals surface area contributed by atoms with Crippen LogP contribution < -0.4 is 15.5 Å². The van der Waals surface area contributed by atoms with Gasteiger partial charge in [0.15, 0.2) is 9.84 Å². The van der Waals surface area contributed by atoms with Crippen LogP contribution in [0.15, 0.2) is 47.8 Å². The Balaban J connectivity index is 1.56. The molecule has 1 aliphatic heterocycles. The van der Waals surface area contributed by atoms with Crippen LogP contribution >= 0.6 is 11.3 Å². The zero-order chi connectivity index (χ0) is 21.6. The fourth-order valence-corrected chi connectivity index (χ4v) is 5.69. The third kappa shape index (κ3) is 5.90. The van der Waals surface area contributed by atoms with E-state index in [0.717, 1.165) is 4.88 Å². The highest BCUT2D eigenvalue weighted by Crippen LogP contribution is 2.24. The number of rotatable bonds is 7. The molecule has 2 aromatic rings. The maximum Gasteiger partial charge on any atom is 0.309 e. The van der Waals surface area contributed by atoms with Crippen molar-refractivity contribution in [3.05, 3.63) is 52.7 Å². The molecule has 1 saturated heterocycles. The minimum Gasteiger partial charge on any atom is -0.347 e. The van der Waals surface area contributed by atoms with E-state index >= 15 is 0 Å². The van der Waals surface area contributed by atoms with Gasteiger partial charge in [0.2, 0.25) is 5.91 Å². The molecule has 1 fully saturated rings. The van der Waals surface area contributed by atoms with Crippen molar-refractivity contribution in [3.8, 4) is 0 Å². The van der Waals surface area contributed by atoms with Crippen LogP contribution in [0.25, 0.3) is 0 Å². The average molecular weight is 450 g/mol. The van der Waals surface area contributed by atoms with Crippen LogP contribution in [0.3, 0.4) is 0 Å². The van der Waals surface area contributed by atoms with Crippen LogP contribution in [0, 0.1) is 0 Å². The van der Waals surface area contributed by atoms with Crippen LogP contribution in [0.2, 0.25) is 0 Å². The van der Waals surface area contributed by atoms with Gasteiger partial charge in [0.05, 0.1) is 24.1 Å². The van der Waals surface area contributed by atoms with Crippen LogP contribution in [-0.2, 0) is 30.6 Å². The lowest BCUT2D eigenvalue weighted by Crippen LogP contribution is -2.49. The largest absolute Gasteiger partial charge is 0.347 e. The number of thiophene rings is 1. The van der Waals surface area contributed by atoms with E-state index in [4.69, 9.17) is 0 Å². The molecule has 1 atom stereocenters. The molecule has 1 aliphatic rings. The molecule has 1 aromatic carbocycles. The highest BCUT2D eigenvalue weighted by molar-refractivity contribution is 7.91. The first-order valence-electron chi connectivity index (χ1n) is 9.52. The molecule has 2 N–H and O–H groups in total. The molecule has 0 saturated carbocycles. The van der Waals surface area contributed by atoms with Crippen molar-refractivity contribution in [1.82, 2.24) is 10.6 Å². The van der Waals surface area contributed by atoms with E-state index in [0.29, 0.717) is 25.1 Å². The molecule has 0 spiro atoms. The van der Waals surface area contributed by atoms with Crippen molar-refractivity contribution in [2.24, 2.45) is 0 Å². The molecular formula is C20H23N3O5S2. The normalized spacial score (nSPS) is 17.3. The summed E-state index contributed by atoms with van der Waals surface area (Å²) in [6.07, 6.45) is 0.952. The molecule has 160 valence electrons. The summed E-state index contributed by atoms with van der Waals surface area (Å²) in [6.45, 7) is -0.0839. The second-order valence-electron chi connectivity index (χ2n) is 6.92. The second kappa shape index (κ2) is 9.86. The molecule has 0 bridgehead atoms. The molecule has 30 heavy (non-hydrogen) atoms. The topological polar surface area (TPSA) is 113 Å². The fourth-order valence-electron chi connectivity index (χ4n) is 3.28. The minimum absolute atomic E-state index is 0.0211. The number of benzene rings is 1. The summed E-state index contributed by atoms with van der Waals surface area (Å²) in [5.41, 5.74) is 0.555. The Kier molecular flexibility index (Phi) is 7.22. The van der Waals surface area contributed by atoms with Crippen molar-refractivity contribution in [3.63, 3.8) is 0 Å². The van der Waals surface area contributed by atoms with Crippen molar-refractivity contribution in [2.75, 3.05) is 29.5 Å². The van der Waals surface area contributed by atoms with Gasteiger partial charge in [-0.2, -0.15) is 0 Å². The maximum atomic E-state index is 12.8. The van der Waals surface area contributed by atoms with E-state index in [1.165, 1.54) is 4.90 Å². The number of hydrogen-bond donors (Lipinski definition) is 2. The van der Waals surface area contributed by atoms with Gasteiger partial charge in [0.1, 0.15) is 0 Å². The Morgan fingerprint density at radius 3 is 2.40 bits per heavy atom. The molecule has 10 heteroatoms. The van der Waals surface area contributed by atoms with Crippen LogP contribution in [0.5, 0.6) is 0 Å². The van der Waals surface area contributed by atoms with Gasteiger partial charge < -0.3 is 15.5 Å². The summed E-state index contributed by atoms with van der Waals surface area (Å²) < 4.78 is 23.8. The zero-order valence-electron chi connectivity index (χ0n) is 16.2. The number of nitrogens with one attached hydrogen (secondary N) is 2. The quantitative estimate of drug-likeness (QED) is 0.606. The number of nitrogens with zero attached hydrogens (tertiary/aromatic N) is 1. The summed E-state index contributed by atoms with van der Waals surface area (Å²) in [4.78, 5) is 39.3. The van der Waals surface area contributed by atoms with E-state index in [1.807, 2.05) is 17.5 Å². The van der Waals surface area contributed by atoms with Gasteiger partial charge in [0, 0.05) is 17.1 Å². The van der Waals surface area contributed by atoms with Crippen molar-refractivity contribution < 1.29 is 22.8 Å². The first-order chi connectivity index (χ1) is 14.4. The van der Waals surface area contributed by atoms with Crippen molar-refractivity contribution in [2.45, 2.75) is 18.9 Å². The molecular weight excluding hydrogens is 426 g/mol. The Labute approximate surface area is 179 Å². The highest BCUT2D eigenvalue weighted by atomic mass is 32.2. The number of anilines is 1. The molecule has 0 aliphatic carbocycles. The van der Waals surface area contributed by atoms with E-state index in [9.17, 15) is 22.8 Å². The van der Waals surface area contributed by atoms with Crippen LogP contribution in [-0.4, -0.2) is 56.8 Å². The van der Waals surface area contributed by atoms with Gasteiger partial charge >= 0.3 is 11.8 Å². The molecule has 8 nitrogen and oxygen atoms in total. The van der Waals surface area contributed by atoms with E-state index in [1.54, 1.807) is 41.7 Å². The predicted octanol–water partition coefficient (Wildman–Crippen LogP) is 0.743. The first-order valence-corrected chi connectivity index (χ1v) is 12.2. The van der Waals surface area contributed by atoms with Gasteiger partial charge in [-0.25, -0.2) is 8.42 Å². The van der Waals surface area contributed by atoms with Crippen LogP contribution in [0.1, 0.15) is 11.3 Å². The van der Waals surface area contributed by atoms with Gasteiger partial charge in [0.25, 0.3) is 0 Å². The Bertz CT molecular complexity index is 991. The van der Waals surface area contributed by atoms with Gasteiger partial charge in [-0.3, -0.25) is 14.4 Å². The summed E-state index contributed by atoms with van der Waals surface area (Å²) in [5.74, 6) is -2.28. The summed E-state index contributed by atoms with van der Waals surface area (Å²) in [5, 5.41) is 6.79. The first kappa shape index (κ1) is 22.0. The number of sulfone groups is 1. The third-order valence-electron chi connectivity index (χ3n) is 4.72. The summed E-state index contributed by atoms with van der Waals surface area (Å²) in [7, 11) is -3.20. The predicted molar refractivity (Wildman–Crippen MR) is 115 cm³/mol. The molecule has 2 heterocycles. The second-order valence-corrected chi connectivity index (χ2v) is 10.2. The average Bonchev–Trinajstić information content (AvgIpc) is 3.36.